The number of carbonyl (C=O) groups excluding carboxylic acids is 1. The number of thioether (sulfide) groups is 1. The molecule has 5 heteroatoms. The average Bonchev–Trinajstić information content (AvgIpc) is 2.42. The van der Waals surface area contributed by atoms with Crippen molar-refractivity contribution in [2.75, 3.05) is 30.8 Å². The third-order valence-corrected chi connectivity index (χ3v) is 3.57. The molecule has 0 saturated carbocycles. The molecule has 4 nitrogen and oxygen atoms in total. The number of hydrogen-bond donors (Lipinski definition) is 2. The second kappa shape index (κ2) is 6.78. The molecule has 0 bridgehead atoms. The van der Waals surface area contributed by atoms with Crippen molar-refractivity contribution in [3.8, 4) is 0 Å². The van der Waals surface area contributed by atoms with Crippen LogP contribution in [-0.4, -0.2) is 37.5 Å². The molecule has 0 radical (unpaired) electrons. The highest BCUT2D eigenvalue weighted by Gasteiger charge is 2.20. The molecule has 1 unspecified atom stereocenters. The molecule has 18 heavy (non-hydrogen) atoms. The normalized spacial score (nSPS) is 19.5. The first kappa shape index (κ1) is 13.4. The van der Waals surface area contributed by atoms with Gasteiger partial charge in [-0.05, 0) is 30.0 Å². The maximum Gasteiger partial charge on any atom is 0.243 e. The van der Waals surface area contributed by atoms with Crippen molar-refractivity contribution in [2.24, 2.45) is 0 Å². The molecule has 2 N–H and O–H groups in total. The number of rotatable bonds is 4. The van der Waals surface area contributed by atoms with Crippen molar-refractivity contribution in [3.05, 3.63) is 24.3 Å². The Labute approximate surface area is 111 Å². The van der Waals surface area contributed by atoms with E-state index in [0.717, 1.165) is 18.0 Å². The highest BCUT2D eigenvalue weighted by atomic mass is 32.2. The van der Waals surface area contributed by atoms with Gasteiger partial charge < -0.3 is 15.4 Å². The second-order valence-electron chi connectivity index (χ2n) is 4.03. The number of anilines is 1. The zero-order valence-electron chi connectivity index (χ0n) is 10.4. The summed E-state index contributed by atoms with van der Waals surface area (Å²) in [5.41, 5.74) is 0.827. The summed E-state index contributed by atoms with van der Waals surface area (Å²) >= 11 is 1.79. The van der Waals surface area contributed by atoms with Gasteiger partial charge in [0, 0.05) is 17.1 Å². The lowest BCUT2D eigenvalue weighted by Crippen LogP contribution is -2.48. The van der Waals surface area contributed by atoms with Gasteiger partial charge in [0.2, 0.25) is 5.91 Å². The maximum absolute atomic E-state index is 11.9. The smallest absolute Gasteiger partial charge is 0.243 e. The molecule has 1 aromatic carbocycles. The first-order valence-corrected chi connectivity index (χ1v) is 7.13. The molecule has 0 spiro atoms. The van der Waals surface area contributed by atoms with Crippen LogP contribution in [0.2, 0.25) is 0 Å². The van der Waals surface area contributed by atoms with Crippen LogP contribution < -0.4 is 10.6 Å². The summed E-state index contributed by atoms with van der Waals surface area (Å²) in [5.74, 6) is 1.01. The first-order chi connectivity index (χ1) is 8.79. The highest BCUT2D eigenvalue weighted by molar-refractivity contribution is 7.99. The molecule has 1 saturated heterocycles. The summed E-state index contributed by atoms with van der Waals surface area (Å²) in [6.07, 6.45) is 0. The van der Waals surface area contributed by atoms with Crippen LogP contribution in [0.1, 0.15) is 6.92 Å². The average molecular weight is 266 g/mol. The summed E-state index contributed by atoms with van der Waals surface area (Å²) in [6, 6.07) is 7.66. The summed E-state index contributed by atoms with van der Waals surface area (Å²) in [5, 5.41) is 6.02. The van der Waals surface area contributed by atoms with E-state index >= 15 is 0 Å². The van der Waals surface area contributed by atoms with E-state index in [1.54, 1.807) is 11.8 Å². The SMILES string of the molecule is CCSc1ccc(NC(=O)C2COCCN2)cc1. The van der Waals surface area contributed by atoms with Gasteiger partial charge in [0.25, 0.3) is 0 Å². The molecular formula is C13H18N2O2S. The van der Waals surface area contributed by atoms with Gasteiger partial charge in [0.05, 0.1) is 13.2 Å². The molecule has 1 aliphatic rings. The largest absolute Gasteiger partial charge is 0.378 e. The van der Waals surface area contributed by atoms with E-state index in [2.05, 4.69) is 17.6 Å². The quantitative estimate of drug-likeness (QED) is 0.815. The lowest BCUT2D eigenvalue weighted by atomic mass is 10.2. The minimum absolute atomic E-state index is 0.0365. The summed E-state index contributed by atoms with van der Waals surface area (Å²) < 4.78 is 5.27. The Morgan fingerprint density at radius 3 is 2.89 bits per heavy atom. The van der Waals surface area contributed by atoms with Gasteiger partial charge in [0.1, 0.15) is 6.04 Å². The Hall–Kier alpha value is -1.04. The zero-order valence-corrected chi connectivity index (χ0v) is 11.3. The van der Waals surface area contributed by atoms with Crippen molar-refractivity contribution in [1.82, 2.24) is 5.32 Å². The number of nitrogens with one attached hydrogen (secondary N) is 2. The molecular weight excluding hydrogens is 248 g/mol. The number of ether oxygens (including phenoxy) is 1. The lowest BCUT2D eigenvalue weighted by molar-refractivity contribution is -0.120. The van der Waals surface area contributed by atoms with Crippen molar-refractivity contribution in [2.45, 2.75) is 17.9 Å². The molecule has 1 fully saturated rings. The Morgan fingerprint density at radius 2 is 2.28 bits per heavy atom. The van der Waals surface area contributed by atoms with Crippen molar-refractivity contribution >= 4 is 23.4 Å². The van der Waals surface area contributed by atoms with Crippen LogP contribution in [0.4, 0.5) is 5.69 Å². The molecule has 1 atom stereocenters. The molecule has 1 aliphatic heterocycles. The van der Waals surface area contributed by atoms with Crippen LogP contribution in [-0.2, 0) is 9.53 Å². The Morgan fingerprint density at radius 1 is 1.50 bits per heavy atom. The number of hydrogen-bond acceptors (Lipinski definition) is 4. The van der Waals surface area contributed by atoms with Crippen LogP contribution in [0.5, 0.6) is 0 Å². The summed E-state index contributed by atoms with van der Waals surface area (Å²) in [7, 11) is 0. The number of benzene rings is 1. The topological polar surface area (TPSA) is 50.4 Å². The van der Waals surface area contributed by atoms with Crippen molar-refractivity contribution in [3.63, 3.8) is 0 Å². The van der Waals surface area contributed by atoms with Gasteiger partial charge in [-0.1, -0.05) is 6.92 Å². The fourth-order valence-electron chi connectivity index (χ4n) is 1.76. The zero-order chi connectivity index (χ0) is 12.8. The monoisotopic (exact) mass is 266 g/mol. The Balaban J connectivity index is 1.89. The minimum Gasteiger partial charge on any atom is -0.378 e. The Bertz CT molecular complexity index is 388. The second-order valence-corrected chi connectivity index (χ2v) is 5.37. The summed E-state index contributed by atoms with van der Waals surface area (Å²) in [6.45, 7) is 3.96. The number of amides is 1. The predicted octanol–water partition coefficient (Wildman–Crippen LogP) is 1.73. The van der Waals surface area contributed by atoms with E-state index < -0.39 is 0 Å². The van der Waals surface area contributed by atoms with Crippen LogP contribution >= 0.6 is 11.8 Å². The fourth-order valence-corrected chi connectivity index (χ4v) is 2.43. The lowest BCUT2D eigenvalue weighted by Gasteiger charge is -2.22. The summed E-state index contributed by atoms with van der Waals surface area (Å²) in [4.78, 5) is 13.1. The van der Waals surface area contributed by atoms with E-state index in [4.69, 9.17) is 4.74 Å². The molecule has 98 valence electrons. The van der Waals surface area contributed by atoms with Gasteiger partial charge in [-0.25, -0.2) is 0 Å². The third kappa shape index (κ3) is 3.73. The molecule has 1 aromatic rings. The van der Waals surface area contributed by atoms with E-state index in [9.17, 15) is 4.79 Å². The molecule has 1 heterocycles. The van der Waals surface area contributed by atoms with Crippen LogP contribution in [0.25, 0.3) is 0 Å². The van der Waals surface area contributed by atoms with Gasteiger partial charge in [-0.15, -0.1) is 11.8 Å². The predicted molar refractivity (Wildman–Crippen MR) is 74.1 cm³/mol. The van der Waals surface area contributed by atoms with E-state index in [1.807, 2.05) is 24.3 Å². The van der Waals surface area contributed by atoms with Crippen LogP contribution in [0, 0.1) is 0 Å². The number of carbonyl (C=O) groups is 1. The third-order valence-electron chi connectivity index (χ3n) is 2.67. The molecule has 0 aliphatic carbocycles. The van der Waals surface area contributed by atoms with Gasteiger partial charge in [-0.3, -0.25) is 4.79 Å². The minimum atomic E-state index is -0.247. The fraction of sp³-hybridized carbons (Fsp3) is 0.462. The van der Waals surface area contributed by atoms with Crippen molar-refractivity contribution in [1.29, 1.82) is 0 Å². The van der Waals surface area contributed by atoms with Gasteiger partial charge in [0.15, 0.2) is 0 Å². The van der Waals surface area contributed by atoms with E-state index in [1.165, 1.54) is 4.90 Å². The van der Waals surface area contributed by atoms with Crippen LogP contribution in [0.15, 0.2) is 29.2 Å². The number of morpholine rings is 1. The molecule has 1 amide bonds. The van der Waals surface area contributed by atoms with Gasteiger partial charge >= 0.3 is 0 Å². The van der Waals surface area contributed by atoms with Crippen LogP contribution in [0.3, 0.4) is 0 Å². The van der Waals surface area contributed by atoms with E-state index in [-0.39, 0.29) is 11.9 Å². The highest BCUT2D eigenvalue weighted by Crippen LogP contribution is 2.19. The first-order valence-electron chi connectivity index (χ1n) is 6.14. The molecule has 2 rings (SSSR count). The van der Waals surface area contributed by atoms with Crippen molar-refractivity contribution < 1.29 is 9.53 Å². The van der Waals surface area contributed by atoms with Gasteiger partial charge in [-0.2, -0.15) is 0 Å². The molecule has 0 aromatic heterocycles. The standard InChI is InChI=1S/C13H18N2O2S/c1-2-18-11-5-3-10(4-6-11)15-13(16)12-9-17-8-7-14-12/h3-6,12,14H,2,7-9H2,1H3,(H,15,16). The van der Waals surface area contributed by atoms with E-state index in [0.29, 0.717) is 13.2 Å². The maximum atomic E-state index is 11.9. The Kier molecular flexibility index (Phi) is 5.04.